The predicted molar refractivity (Wildman–Crippen MR) is 122 cm³/mol. The van der Waals surface area contributed by atoms with E-state index in [1.54, 1.807) is 11.0 Å². The van der Waals surface area contributed by atoms with Crippen LogP contribution in [0.5, 0.6) is 5.88 Å². The van der Waals surface area contributed by atoms with Crippen LogP contribution in [0.25, 0.3) is 11.7 Å². The van der Waals surface area contributed by atoms with Crippen LogP contribution in [0.4, 0.5) is 0 Å². The number of hydrogen-bond donors (Lipinski definition) is 2. The van der Waals surface area contributed by atoms with Gasteiger partial charge in [0.2, 0.25) is 11.8 Å². The lowest BCUT2D eigenvalue weighted by Gasteiger charge is -2.34. The van der Waals surface area contributed by atoms with Gasteiger partial charge in [-0.2, -0.15) is 9.61 Å². The highest BCUT2D eigenvalue weighted by Crippen LogP contribution is 2.24. The van der Waals surface area contributed by atoms with Gasteiger partial charge in [-0.1, -0.05) is 20.8 Å². The van der Waals surface area contributed by atoms with Crippen LogP contribution in [0.3, 0.4) is 0 Å². The number of ether oxygens (including phenoxy) is 1. The molecule has 1 saturated heterocycles. The summed E-state index contributed by atoms with van der Waals surface area (Å²) >= 11 is 0. The summed E-state index contributed by atoms with van der Waals surface area (Å²) < 4.78 is 8.11. The van der Waals surface area contributed by atoms with Crippen LogP contribution < -0.4 is 10.9 Å². The monoisotopic (exact) mass is 457 g/mol. The van der Waals surface area contributed by atoms with Gasteiger partial charge in [-0.15, -0.1) is 0 Å². The Morgan fingerprint density at radius 1 is 1.36 bits per heavy atom. The summed E-state index contributed by atoms with van der Waals surface area (Å²) in [6, 6.07) is 0.0651. The van der Waals surface area contributed by atoms with E-state index in [4.69, 9.17) is 4.74 Å². The van der Waals surface area contributed by atoms with Gasteiger partial charge in [-0.3, -0.25) is 19.0 Å². The normalized spacial score (nSPS) is 19.0. The maximum atomic E-state index is 13.1. The number of fused-ring (bicyclic) bond motifs is 1. The lowest BCUT2D eigenvalue weighted by atomic mass is 10.1. The van der Waals surface area contributed by atoms with Crippen LogP contribution in [-0.2, 0) is 16.1 Å². The Morgan fingerprint density at radius 2 is 2.12 bits per heavy atom. The first-order valence-electron chi connectivity index (χ1n) is 11.5. The van der Waals surface area contributed by atoms with Gasteiger partial charge >= 0.3 is 0 Å². The molecule has 1 aliphatic heterocycles. The maximum absolute atomic E-state index is 13.1. The molecular formula is C23H31N5O5. The Balaban J connectivity index is 1.74. The number of carbonyl (C=O) groups is 2. The third-order valence-corrected chi connectivity index (χ3v) is 5.99. The predicted octanol–water partition coefficient (Wildman–Crippen LogP) is 1.40. The number of hydrogen-bond acceptors (Lipinski definition) is 6. The average Bonchev–Trinajstić information content (AvgIpc) is 3.50. The fourth-order valence-electron chi connectivity index (χ4n) is 4.09. The summed E-state index contributed by atoms with van der Waals surface area (Å²) in [6.07, 6.45) is 7.05. The fraction of sp³-hybridized carbons (Fsp3) is 0.565. The molecule has 1 saturated carbocycles. The third-order valence-electron chi connectivity index (χ3n) is 5.99. The van der Waals surface area contributed by atoms with Gasteiger partial charge in [0.1, 0.15) is 5.65 Å². The Morgan fingerprint density at radius 3 is 2.79 bits per heavy atom. The standard InChI is InChI=1S/C23H31N5O5/c1-4-17-13-33-10-9-26(17)18(29)8-5-15-11-24-28-21(15)27(12-14(2)3)22(31)19(23(28)32)20(30)25-16-6-7-16/h5,8,11,14,16-17,31H,4,6-7,9-10,12-13H2,1-3H3,(H,25,30)/b8-5+/t17-/m0/s1. The lowest BCUT2D eigenvalue weighted by Crippen LogP contribution is -2.47. The molecule has 2 aromatic rings. The van der Waals surface area contributed by atoms with E-state index < -0.39 is 11.5 Å². The van der Waals surface area contributed by atoms with Crippen molar-refractivity contribution < 1.29 is 19.4 Å². The molecule has 3 heterocycles. The first-order valence-corrected chi connectivity index (χ1v) is 11.5. The summed E-state index contributed by atoms with van der Waals surface area (Å²) in [5.41, 5.74) is -0.159. The zero-order valence-corrected chi connectivity index (χ0v) is 19.3. The summed E-state index contributed by atoms with van der Waals surface area (Å²) in [4.78, 5) is 40.4. The zero-order chi connectivity index (χ0) is 23.7. The van der Waals surface area contributed by atoms with Gasteiger partial charge in [0.25, 0.3) is 11.5 Å². The lowest BCUT2D eigenvalue weighted by molar-refractivity contribution is -0.134. The van der Waals surface area contributed by atoms with Gasteiger partial charge in [0.05, 0.1) is 25.5 Å². The van der Waals surface area contributed by atoms with E-state index in [1.807, 2.05) is 20.8 Å². The van der Waals surface area contributed by atoms with Gasteiger partial charge in [-0.05, 0) is 31.3 Å². The number of nitrogens with one attached hydrogen (secondary N) is 1. The number of rotatable bonds is 7. The molecule has 0 radical (unpaired) electrons. The van der Waals surface area contributed by atoms with E-state index in [9.17, 15) is 19.5 Å². The van der Waals surface area contributed by atoms with E-state index >= 15 is 0 Å². The quantitative estimate of drug-likeness (QED) is 0.607. The molecule has 1 aliphatic carbocycles. The second-order valence-electron chi connectivity index (χ2n) is 9.09. The summed E-state index contributed by atoms with van der Waals surface area (Å²) in [6.45, 7) is 7.85. The van der Waals surface area contributed by atoms with Crippen LogP contribution in [0, 0.1) is 5.92 Å². The number of nitrogens with zero attached hydrogens (tertiary/aromatic N) is 4. The average molecular weight is 458 g/mol. The first kappa shape index (κ1) is 23.0. The van der Waals surface area contributed by atoms with Crippen LogP contribution in [0.1, 0.15) is 56.0 Å². The van der Waals surface area contributed by atoms with Gasteiger partial charge in [0.15, 0.2) is 5.56 Å². The fourth-order valence-corrected chi connectivity index (χ4v) is 4.09. The second kappa shape index (κ2) is 9.38. The van der Waals surface area contributed by atoms with Crippen molar-refractivity contribution in [3.8, 4) is 5.88 Å². The van der Waals surface area contributed by atoms with Crippen molar-refractivity contribution in [3.05, 3.63) is 33.8 Å². The number of aromatic hydroxyl groups is 1. The summed E-state index contributed by atoms with van der Waals surface area (Å²) in [5.74, 6) is -1.01. The Labute approximate surface area is 191 Å². The Kier molecular flexibility index (Phi) is 6.55. The van der Waals surface area contributed by atoms with E-state index in [0.717, 1.165) is 23.8 Å². The molecule has 0 spiro atoms. The third kappa shape index (κ3) is 4.66. The number of amides is 2. The Hall–Kier alpha value is -3.14. The van der Waals surface area contributed by atoms with Crippen molar-refractivity contribution in [3.63, 3.8) is 0 Å². The SMILES string of the molecule is CC[C@H]1COCCN1C(=O)/C=C/c1cnn2c(=O)c(C(=O)NC3CC3)c(O)n(CC(C)C)c12. The molecule has 178 valence electrons. The number of aromatic nitrogens is 3. The van der Waals surface area contributed by atoms with Gasteiger partial charge in [0, 0.05) is 30.8 Å². The van der Waals surface area contributed by atoms with Gasteiger partial charge < -0.3 is 20.1 Å². The minimum absolute atomic E-state index is 0.0236. The highest BCUT2D eigenvalue weighted by molar-refractivity contribution is 5.97. The van der Waals surface area contributed by atoms with E-state index in [2.05, 4.69) is 10.4 Å². The molecule has 2 aliphatic rings. The second-order valence-corrected chi connectivity index (χ2v) is 9.09. The van der Waals surface area contributed by atoms with Crippen molar-refractivity contribution in [1.29, 1.82) is 0 Å². The highest BCUT2D eigenvalue weighted by Gasteiger charge is 2.30. The smallest absolute Gasteiger partial charge is 0.291 e. The molecule has 0 bridgehead atoms. The van der Waals surface area contributed by atoms with Crippen LogP contribution in [0.2, 0.25) is 0 Å². The molecule has 10 heteroatoms. The van der Waals surface area contributed by atoms with Gasteiger partial charge in [-0.25, -0.2) is 0 Å². The molecule has 1 atom stereocenters. The van der Waals surface area contributed by atoms with Crippen molar-refractivity contribution in [2.24, 2.45) is 5.92 Å². The molecule has 33 heavy (non-hydrogen) atoms. The van der Waals surface area contributed by atoms with Crippen molar-refractivity contribution in [2.45, 2.75) is 58.7 Å². The molecule has 2 amide bonds. The molecule has 10 nitrogen and oxygen atoms in total. The van der Waals surface area contributed by atoms with Crippen molar-refractivity contribution >= 4 is 23.5 Å². The molecule has 0 aromatic carbocycles. The first-order chi connectivity index (χ1) is 15.8. The van der Waals surface area contributed by atoms with E-state index in [1.165, 1.54) is 16.8 Å². The molecule has 2 fully saturated rings. The van der Waals surface area contributed by atoms with Crippen LogP contribution in [0.15, 0.2) is 17.1 Å². The highest BCUT2D eigenvalue weighted by atomic mass is 16.5. The van der Waals surface area contributed by atoms with Crippen LogP contribution >= 0.6 is 0 Å². The van der Waals surface area contributed by atoms with E-state index in [0.29, 0.717) is 37.5 Å². The molecule has 2 aromatic heterocycles. The van der Waals surface area contributed by atoms with Crippen LogP contribution in [-0.4, -0.2) is 67.8 Å². The molecule has 2 N–H and O–H groups in total. The van der Waals surface area contributed by atoms with Crippen molar-refractivity contribution in [1.82, 2.24) is 24.4 Å². The maximum Gasteiger partial charge on any atom is 0.291 e. The summed E-state index contributed by atoms with van der Waals surface area (Å²) in [7, 11) is 0. The molecular weight excluding hydrogens is 426 g/mol. The number of carbonyl (C=O) groups excluding carboxylic acids is 2. The zero-order valence-electron chi connectivity index (χ0n) is 19.3. The number of morpholine rings is 1. The summed E-state index contributed by atoms with van der Waals surface area (Å²) in [5, 5.41) is 17.9. The minimum Gasteiger partial charge on any atom is -0.494 e. The molecule has 4 rings (SSSR count). The Bertz CT molecular complexity index is 1140. The van der Waals surface area contributed by atoms with E-state index in [-0.39, 0.29) is 35.4 Å². The molecule has 0 unspecified atom stereocenters. The largest absolute Gasteiger partial charge is 0.494 e. The minimum atomic E-state index is -0.689. The topological polar surface area (TPSA) is 118 Å². The van der Waals surface area contributed by atoms with Crippen molar-refractivity contribution in [2.75, 3.05) is 19.8 Å².